The monoisotopic (exact) mass is 419 g/mol. The van der Waals surface area contributed by atoms with Gasteiger partial charge in [0.1, 0.15) is 34.0 Å². The van der Waals surface area contributed by atoms with Crippen molar-refractivity contribution in [3.63, 3.8) is 0 Å². The highest BCUT2D eigenvalue weighted by Gasteiger charge is 2.67. The summed E-state index contributed by atoms with van der Waals surface area (Å²) in [7, 11) is 1.29. The van der Waals surface area contributed by atoms with Gasteiger partial charge in [0.25, 0.3) is 0 Å². The summed E-state index contributed by atoms with van der Waals surface area (Å²) in [5, 5.41) is 41.7. The lowest BCUT2D eigenvalue weighted by atomic mass is 9.66. The molecule has 3 rings (SSSR count). The van der Waals surface area contributed by atoms with E-state index in [4.69, 9.17) is 14.6 Å². The van der Waals surface area contributed by atoms with Crippen LogP contribution in [0.15, 0.2) is 16.3 Å². The molecule has 1 aromatic carbocycles. The van der Waals surface area contributed by atoms with Crippen LogP contribution in [0.2, 0.25) is 0 Å². The Morgan fingerprint density at radius 1 is 1.23 bits per heavy atom. The summed E-state index contributed by atoms with van der Waals surface area (Å²) < 4.78 is 11.5. The third kappa shape index (κ3) is 2.58. The van der Waals surface area contributed by atoms with Crippen LogP contribution in [0.5, 0.6) is 17.2 Å². The van der Waals surface area contributed by atoms with Crippen LogP contribution < -0.4 is 4.74 Å². The minimum atomic E-state index is -1.75. The summed E-state index contributed by atoms with van der Waals surface area (Å²) >= 11 is 0. The molecule has 9 heteroatoms. The van der Waals surface area contributed by atoms with Crippen LogP contribution in [0.25, 0.3) is 0 Å². The number of methoxy groups -OCH3 is 1. The smallest absolute Gasteiger partial charge is 0.234 e. The van der Waals surface area contributed by atoms with Crippen molar-refractivity contribution in [1.29, 1.82) is 0 Å². The van der Waals surface area contributed by atoms with Gasteiger partial charge < -0.3 is 29.9 Å². The topological polar surface area (TPSA) is 146 Å². The van der Waals surface area contributed by atoms with Gasteiger partial charge in [-0.3, -0.25) is 14.6 Å². The number of nitrogens with zero attached hydrogens (tertiary/aromatic N) is 1. The number of rotatable bonds is 5. The maximum Gasteiger partial charge on any atom is 0.234 e. The van der Waals surface area contributed by atoms with E-state index in [0.29, 0.717) is 0 Å². The van der Waals surface area contributed by atoms with E-state index in [-0.39, 0.29) is 59.0 Å². The second kappa shape index (κ2) is 7.10. The van der Waals surface area contributed by atoms with Gasteiger partial charge in [-0.2, -0.15) is 0 Å². The zero-order valence-corrected chi connectivity index (χ0v) is 17.5. The Labute approximate surface area is 173 Å². The Bertz CT molecular complexity index is 1020. The largest absolute Gasteiger partial charge is 0.510 e. The number of phenolic OH excluding ortho intramolecular Hbond substituents is 2. The van der Waals surface area contributed by atoms with E-state index in [1.165, 1.54) is 34.8 Å². The van der Waals surface area contributed by atoms with E-state index >= 15 is 0 Å². The molecule has 4 N–H and O–H groups in total. The highest BCUT2D eigenvalue weighted by Crippen LogP contribution is 2.62. The summed E-state index contributed by atoms with van der Waals surface area (Å²) in [5.74, 6) is -4.17. The van der Waals surface area contributed by atoms with Gasteiger partial charge in [-0.1, -0.05) is 0 Å². The maximum absolute atomic E-state index is 12.9. The fraction of sp³-hybridized carbons (Fsp3) is 0.476. The van der Waals surface area contributed by atoms with Crippen molar-refractivity contribution in [3.05, 3.63) is 28.0 Å². The molecule has 2 aliphatic rings. The number of benzene rings is 1. The predicted molar refractivity (Wildman–Crippen MR) is 107 cm³/mol. The molecule has 0 bridgehead atoms. The molecule has 1 aliphatic carbocycles. The highest BCUT2D eigenvalue weighted by molar-refractivity contribution is 6.23. The maximum atomic E-state index is 12.9. The van der Waals surface area contributed by atoms with Gasteiger partial charge in [0.2, 0.25) is 5.79 Å². The summed E-state index contributed by atoms with van der Waals surface area (Å²) in [6.45, 7) is 5.54. The molecule has 0 amide bonds. The summed E-state index contributed by atoms with van der Waals surface area (Å²) in [6.07, 6.45) is -0.337. The summed E-state index contributed by atoms with van der Waals surface area (Å²) in [4.78, 5) is 29.3. The molecule has 1 aliphatic heterocycles. The number of fused-ring (bicyclic) bond motifs is 3. The zero-order valence-electron chi connectivity index (χ0n) is 17.5. The summed E-state index contributed by atoms with van der Waals surface area (Å²) in [6, 6.07) is 0. The van der Waals surface area contributed by atoms with Crippen LogP contribution in [0, 0.1) is 6.92 Å². The van der Waals surface area contributed by atoms with Gasteiger partial charge in [0.05, 0.1) is 30.7 Å². The first-order valence-electron chi connectivity index (χ1n) is 9.41. The van der Waals surface area contributed by atoms with E-state index in [1.807, 2.05) is 0 Å². The number of ketones is 2. The second-order valence-electron chi connectivity index (χ2n) is 7.66. The SMILES string of the molecule is CO[C@@]12CC(=O)C(C(C)=NCCO)=C(O)[C@]1(C)c1c(O)c(C)c(O)c(C(C)=O)c1O2. The number of aliphatic hydroxyl groups is 2. The van der Waals surface area contributed by atoms with Crippen molar-refractivity contribution < 1.29 is 39.5 Å². The Kier molecular flexibility index (Phi) is 5.16. The standard InChI is InChI=1S/C21H25NO8/c1-9-16(26)14(11(3)24)18-15(17(9)27)20(4)19(28)13(10(2)22-6-7-23)12(25)8-21(20,29-5)30-18/h23,26-28H,6-8H2,1-5H3/t20-,21+/m0/s1. The molecule has 162 valence electrons. The van der Waals surface area contributed by atoms with Crippen LogP contribution in [-0.2, 0) is 14.9 Å². The molecule has 0 spiro atoms. The van der Waals surface area contributed by atoms with Gasteiger partial charge in [-0.05, 0) is 27.7 Å². The number of allylic oxidation sites excluding steroid dienone is 1. The average Bonchev–Trinajstić information content (AvgIpc) is 2.94. The van der Waals surface area contributed by atoms with Crippen LogP contribution in [-0.4, -0.2) is 63.8 Å². The minimum absolute atomic E-state index is 0.0348. The van der Waals surface area contributed by atoms with Crippen LogP contribution in [0.3, 0.4) is 0 Å². The number of hydrogen-bond acceptors (Lipinski definition) is 9. The molecule has 0 radical (unpaired) electrons. The number of phenols is 2. The van der Waals surface area contributed by atoms with Crippen molar-refractivity contribution in [2.24, 2.45) is 4.99 Å². The average molecular weight is 419 g/mol. The van der Waals surface area contributed by atoms with Gasteiger partial charge >= 0.3 is 0 Å². The van der Waals surface area contributed by atoms with Crippen LogP contribution in [0.4, 0.5) is 0 Å². The van der Waals surface area contributed by atoms with Crippen molar-refractivity contribution >= 4 is 17.3 Å². The Hall–Kier alpha value is -2.91. The molecule has 2 atom stereocenters. The van der Waals surface area contributed by atoms with E-state index in [0.717, 1.165) is 0 Å². The fourth-order valence-electron chi connectivity index (χ4n) is 4.36. The Balaban J connectivity index is 2.44. The number of aliphatic hydroxyl groups excluding tert-OH is 2. The summed E-state index contributed by atoms with van der Waals surface area (Å²) in [5.41, 5.74) is -1.52. The number of carbonyl (C=O) groups is 2. The molecular weight excluding hydrogens is 394 g/mol. The number of Topliss-reactive ketones (excluding diaryl/α,β-unsaturated/α-hetero) is 2. The predicted octanol–water partition coefficient (Wildman–Crippen LogP) is 1.84. The number of carbonyl (C=O) groups excluding carboxylic acids is 2. The number of ether oxygens (including phenoxy) is 2. The fourth-order valence-corrected chi connectivity index (χ4v) is 4.36. The van der Waals surface area contributed by atoms with E-state index in [1.54, 1.807) is 0 Å². The number of aromatic hydroxyl groups is 2. The first-order valence-corrected chi connectivity index (χ1v) is 9.41. The molecule has 9 nitrogen and oxygen atoms in total. The van der Waals surface area contributed by atoms with Crippen molar-refractivity contribution in [1.82, 2.24) is 0 Å². The van der Waals surface area contributed by atoms with Crippen LogP contribution in [0.1, 0.15) is 48.7 Å². The quantitative estimate of drug-likeness (QED) is 0.418. The first kappa shape index (κ1) is 21.8. The van der Waals surface area contributed by atoms with Gasteiger partial charge in [-0.15, -0.1) is 0 Å². The molecule has 0 aromatic heterocycles. The molecule has 0 saturated heterocycles. The Morgan fingerprint density at radius 3 is 2.40 bits per heavy atom. The molecule has 1 aromatic rings. The lowest BCUT2D eigenvalue weighted by Crippen LogP contribution is -2.57. The lowest BCUT2D eigenvalue weighted by Gasteiger charge is -2.43. The van der Waals surface area contributed by atoms with Crippen molar-refractivity contribution in [2.45, 2.75) is 45.3 Å². The first-order chi connectivity index (χ1) is 14.0. The molecule has 30 heavy (non-hydrogen) atoms. The third-order valence-electron chi connectivity index (χ3n) is 6.04. The molecule has 1 heterocycles. The van der Waals surface area contributed by atoms with Gasteiger partial charge in [-0.25, -0.2) is 0 Å². The minimum Gasteiger partial charge on any atom is -0.510 e. The third-order valence-corrected chi connectivity index (χ3v) is 6.04. The number of hydrogen-bond donors (Lipinski definition) is 4. The number of aliphatic imine (C=N–C) groups is 1. The lowest BCUT2D eigenvalue weighted by molar-refractivity contribution is -0.198. The molecule has 0 saturated carbocycles. The second-order valence-corrected chi connectivity index (χ2v) is 7.66. The van der Waals surface area contributed by atoms with E-state index < -0.39 is 34.3 Å². The van der Waals surface area contributed by atoms with Crippen molar-refractivity contribution in [2.75, 3.05) is 20.3 Å². The molecule has 0 fully saturated rings. The Morgan fingerprint density at radius 2 is 1.87 bits per heavy atom. The normalized spacial score (nSPS) is 25.8. The van der Waals surface area contributed by atoms with E-state index in [2.05, 4.69) is 4.99 Å². The molecule has 0 unspecified atom stereocenters. The van der Waals surface area contributed by atoms with Gasteiger partial charge in [0, 0.05) is 18.4 Å². The highest BCUT2D eigenvalue weighted by atomic mass is 16.7. The molecular formula is C21H25NO8. The van der Waals surface area contributed by atoms with E-state index in [9.17, 15) is 24.9 Å². The van der Waals surface area contributed by atoms with Crippen LogP contribution >= 0.6 is 0 Å². The van der Waals surface area contributed by atoms with Crippen molar-refractivity contribution in [3.8, 4) is 17.2 Å². The van der Waals surface area contributed by atoms with Gasteiger partial charge in [0.15, 0.2) is 11.6 Å². The zero-order chi connectivity index (χ0) is 22.6.